The zero-order chi connectivity index (χ0) is 11.5. The summed E-state index contributed by atoms with van der Waals surface area (Å²) in [6.07, 6.45) is 1.84. The fourth-order valence-corrected chi connectivity index (χ4v) is 2.14. The molecule has 4 nitrogen and oxygen atoms in total. The van der Waals surface area contributed by atoms with E-state index in [0.717, 1.165) is 26.1 Å². The first kappa shape index (κ1) is 11.2. The fraction of sp³-hybridized carbons (Fsp3) is 0.500. The minimum absolute atomic E-state index is 0.0560. The number of ether oxygens (including phenoxy) is 1. The Morgan fingerprint density at radius 2 is 1.94 bits per heavy atom. The molecule has 0 aliphatic carbocycles. The van der Waals surface area contributed by atoms with E-state index in [1.165, 1.54) is 6.07 Å². The van der Waals surface area contributed by atoms with Gasteiger partial charge in [0.05, 0.1) is 0 Å². The van der Waals surface area contributed by atoms with Gasteiger partial charge in [0, 0.05) is 30.9 Å². The Hall–Kier alpha value is -1.26. The average molecular weight is 223 g/mol. The van der Waals surface area contributed by atoms with E-state index in [2.05, 4.69) is 0 Å². The van der Waals surface area contributed by atoms with Crippen LogP contribution in [0.15, 0.2) is 18.2 Å². The van der Waals surface area contributed by atoms with Crippen LogP contribution < -0.4 is 5.73 Å². The number of benzene rings is 1. The van der Waals surface area contributed by atoms with Crippen LogP contribution in [0, 0.1) is 5.92 Å². The quantitative estimate of drug-likeness (QED) is 0.710. The number of hydrogen-bond acceptors (Lipinski definition) is 4. The summed E-state index contributed by atoms with van der Waals surface area (Å²) in [5.74, 6) is 0.462. The number of phenolic OH excluding ortho intramolecular Hbond substituents is 2. The van der Waals surface area contributed by atoms with Crippen LogP contribution in [-0.2, 0) is 4.74 Å². The molecule has 1 aliphatic heterocycles. The van der Waals surface area contributed by atoms with E-state index < -0.39 is 0 Å². The third-order valence-corrected chi connectivity index (χ3v) is 3.15. The molecule has 1 aromatic rings. The second-order valence-electron chi connectivity index (χ2n) is 4.22. The number of rotatable bonds is 2. The predicted molar refractivity (Wildman–Crippen MR) is 60.2 cm³/mol. The van der Waals surface area contributed by atoms with Crippen molar-refractivity contribution in [2.24, 2.45) is 11.7 Å². The van der Waals surface area contributed by atoms with Crippen molar-refractivity contribution in [1.82, 2.24) is 0 Å². The summed E-state index contributed by atoms with van der Waals surface area (Å²) in [4.78, 5) is 0. The molecule has 0 aromatic heterocycles. The molecular weight excluding hydrogens is 206 g/mol. The lowest BCUT2D eigenvalue weighted by molar-refractivity contribution is 0.0581. The molecule has 0 spiro atoms. The van der Waals surface area contributed by atoms with Crippen molar-refractivity contribution in [1.29, 1.82) is 0 Å². The van der Waals surface area contributed by atoms with Crippen LogP contribution >= 0.6 is 0 Å². The Morgan fingerprint density at radius 3 is 2.56 bits per heavy atom. The van der Waals surface area contributed by atoms with Gasteiger partial charge in [0.15, 0.2) is 0 Å². The molecule has 1 heterocycles. The summed E-state index contributed by atoms with van der Waals surface area (Å²) in [5.41, 5.74) is 6.82. The van der Waals surface area contributed by atoms with Crippen LogP contribution in [0.4, 0.5) is 0 Å². The zero-order valence-electron chi connectivity index (χ0n) is 9.10. The van der Waals surface area contributed by atoms with Gasteiger partial charge < -0.3 is 20.7 Å². The zero-order valence-corrected chi connectivity index (χ0v) is 9.10. The lowest BCUT2D eigenvalue weighted by Crippen LogP contribution is -2.27. The van der Waals surface area contributed by atoms with Gasteiger partial charge in [-0.05, 0) is 24.8 Å². The molecule has 0 unspecified atom stereocenters. The van der Waals surface area contributed by atoms with Crippen molar-refractivity contribution < 1.29 is 14.9 Å². The van der Waals surface area contributed by atoms with E-state index in [4.69, 9.17) is 10.5 Å². The van der Waals surface area contributed by atoms with Crippen molar-refractivity contribution in [3.05, 3.63) is 23.8 Å². The van der Waals surface area contributed by atoms with Crippen molar-refractivity contribution in [2.45, 2.75) is 18.9 Å². The summed E-state index contributed by atoms with van der Waals surface area (Å²) in [6.45, 7) is 1.47. The Bertz CT molecular complexity index is 361. The number of hydrogen-bond donors (Lipinski definition) is 3. The largest absolute Gasteiger partial charge is 0.508 e. The van der Waals surface area contributed by atoms with Crippen LogP contribution in [0.5, 0.6) is 11.5 Å². The van der Waals surface area contributed by atoms with Gasteiger partial charge in [-0.3, -0.25) is 0 Å². The van der Waals surface area contributed by atoms with Crippen LogP contribution in [-0.4, -0.2) is 23.4 Å². The van der Waals surface area contributed by atoms with E-state index in [-0.39, 0.29) is 17.5 Å². The van der Waals surface area contributed by atoms with Gasteiger partial charge in [0.25, 0.3) is 0 Å². The summed E-state index contributed by atoms with van der Waals surface area (Å²) in [6, 6.07) is 4.37. The highest BCUT2D eigenvalue weighted by molar-refractivity contribution is 5.40. The van der Waals surface area contributed by atoms with Gasteiger partial charge in [0.1, 0.15) is 11.5 Å². The summed E-state index contributed by atoms with van der Waals surface area (Å²) in [5, 5.41) is 18.9. The third-order valence-electron chi connectivity index (χ3n) is 3.15. The lowest BCUT2D eigenvalue weighted by Gasteiger charge is -2.28. The monoisotopic (exact) mass is 223 g/mol. The number of nitrogens with two attached hydrogens (primary N) is 1. The third kappa shape index (κ3) is 2.28. The Morgan fingerprint density at radius 1 is 1.25 bits per heavy atom. The summed E-state index contributed by atoms with van der Waals surface area (Å²) < 4.78 is 5.28. The maximum Gasteiger partial charge on any atom is 0.124 e. The number of aromatic hydroxyl groups is 2. The first-order chi connectivity index (χ1) is 7.68. The molecule has 0 bridgehead atoms. The van der Waals surface area contributed by atoms with Crippen LogP contribution in [0.1, 0.15) is 24.4 Å². The van der Waals surface area contributed by atoms with Gasteiger partial charge in [-0.15, -0.1) is 0 Å². The molecule has 0 amide bonds. The first-order valence-corrected chi connectivity index (χ1v) is 5.53. The maximum absolute atomic E-state index is 9.72. The van der Waals surface area contributed by atoms with Crippen LogP contribution in [0.2, 0.25) is 0 Å². The van der Waals surface area contributed by atoms with Gasteiger partial charge in [0.2, 0.25) is 0 Å². The maximum atomic E-state index is 9.72. The minimum Gasteiger partial charge on any atom is -0.508 e. The average Bonchev–Trinajstić information content (AvgIpc) is 2.29. The molecule has 88 valence electrons. The van der Waals surface area contributed by atoms with E-state index in [1.807, 2.05) is 0 Å². The molecule has 16 heavy (non-hydrogen) atoms. The molecular formula is C12H17NO3. The van der Waals surface area contributed by atoms with Crippen molar-refractivity contribution in [3.63, 3.8) is 0 Å². The topological polar surface area (TPSA) is 75.7 Å². The van der Waals surface area contributed by atoms with Gasteiger partial charge in [-0.1, -0.05) is 6.07 Å². The molecule has 1 saturated heterocycles. The molecule has 1 aliphatic rings. The summed E-state index contributed by atoms with van der Waals surface area (Å²) in [7, 11) is 0. The molecule has 1 aromatic carbocycles. The second kappa shape index (κ2) is 4.72. The van der Waals surface area contributed by atoms with E-state index in [1.54, 1.807) is 12.1 Å². The van der Waals surface area contributed by atoms with Crippen molar-refractivity contribution >= 4 is 0 Å². The molecule has 1 fully saturated rings. The standard InChI is InChI=1S/C12H17NO3/c13-12(8-3-5-16-6-4-8)10-2-1-9(14)7-11(10)15/h1-2,7-8,12,14-15H,3-6,13H2/t12-/m1/s1. The Balaban J connectivity index is 2.15. The SMILES string of the molecule is N[C@@H](c1ccc(O)cc1O)C1CCOCC1. The van der Waals surface area contributed by atoms with Gasteiger partial charge in [-0.2, -0.15) is 0 Å². The minimum atomic E-state index is -0.190. The highest BCUT2D eigenvalue weighted by atomic mass is 16.5. The van der Waals surface area contributed by atoms with Crippen molar-refractivity contribution in [3.8, 4) is 11.5 Å². The lowest BCUT2D eigenvalue weighted by atomic mass is 9.87. The normalized spacial score (nSPS) is 19.6. The number of phenols is 2. The highest BCUT2D eigenvalue weighted by Crippen LogP contribution is 2.34. The van der Waals surface area contributed by atoms with Gasteiger partial charge in [-0.25, -0.2) is 0 Å². The van der Waals surface area contributed by atoms with Gasteiger partial charge >= 0.3 is 0 Å². The molecule has 2 rings (SSSR count). The smallest absolute Gasteiger partial charge is 0.124 e. The molecule has 4 heteroatoms. The van der Waals surface area contributed by atoms with E-state index in [9.17, 15) is 10.2 Å². The Kier molecular flexibility index (Phi) is 3.31. The fourth-order valence-electron chi connectivity index (χ4n) is 2.14. The molecule has 4 N–H and O–H groups in total. The molecule has 1 atom stereocenters. The van der Waals surface area contributed by atoms with E-state index >= 15 is 0 Å². The first-order valence-electron chi connectivity index (χ1n) is 5.53. The van der Waals surface area contributed by atoms with Crippen molar-refractivity contribution in [2.75, 3.05) is 13.2 Å². The van der Waals surface area contributed by atoms with Crippen LogP contribution in [0.25, 0.3) is 0 Å². The predicted octanol–water partition coefficient (Wildman–Crippen LogP) is 1.52. The summed E-state index contributed by atoms with van der Waals surface area (Å²) >= 11 is 0. The Labute approximate surface area is 94.7 Å². The van der Waals surface area contributed by atoms with E-state index in [0.29, 0.717) is 11.5 Å². The molecule has 0 radical (unpaired) electrons. The molecule has 0 saturated carbocycles. The van der Waals surface area contributed by atoms with Crippen LogP contribution in [0.3, 0.4) is 0 Å². The highest BCUT2D eigenvalue weighted by Gasteiger charge is 2.24. The second-order valence-corrected chi connectivity index (χ2v) is 4.22.